The maximum atomic E-state index is 2.91. The van der Waals surface area contributed by atoms with Gasteiger partial charge in [-0.25, -0.2) is 0 Å². The largest absolute Gasteiger partial charge is 0.134 e. The lowest BCUT2D eigenvalue weighted by Gasteiger charge is -2.15. The predicted molar refractivity (Wildman–Crippen MR) is 125 cm³/mol. The Morgan fingerprint density at radius 3 is 1.00 bits per heavy atom. The molecule has 0 bridgehead atoms. The van der Waals surface area contributed by atoms with Crippen LogP contribution in [0.25, 0.3) is 11.1 Å². The first-order valence-corrected chi connectivity index (χ1v) is 11.7. The van der Waals surface area contributed by atoms with Crippen LogP contribution in [0.1, 0.15) is 64.2 Å². The third kappa shape index (κ3) is 9.30. The average Bonchev–Trinajstić information content (AvgIpc) is 2.72. The van der Waals surface area contributed by atoms with Gasteiger partial charge in [0.15, 0.2) is 0 Å². The molecule has 2 saturated carbocycles. The smallest absolute Gasteiger partial charge is 0.0184 e. The van der Waals surface area contributed by atoms with Crippen molar-refractivity contribution in [3.8, 4) is 11.1 Å². The molecule has 2 heteroatoms. The molecular formula is C24H36P2. The van der Waals surface area contributed by atoms with Gasteiger partial charge >= 0.3 is 0 Å². The summed E-state index contributed by atoms with van der Waals surface area (Å²) in [6.45, 7) is 0. The maximum absolute atomic E-state index is 2.91. The van der Waals surface area contributed by atoms with Crippen molar-refractivity contribution in [1.82, 2.24) is 0 Å². The van der Waals surface area contributed by atoms with E-state index < -0.39 is 0 Å². The summed E-state index contributed by atoms with van der Waals surface area (Å²) in [5, 5.41) is 0. The number of hydrogen-bond acceptors (Lipinski definition) is 0. The summed E-state index contributed by atoms with van der Waals surface area (Å²) in [7, 11) is 5.81. The third-order valence-corrected chi connectivity index (χ3v) is 6.51. The molecule has 2 unspecified atom stereocenters. The molecule has 2 aliphatic carbocycles. The highest BCUT2D eigenvalue weighted by Gasteiger charge is 2.06. The van der Waals surface area contributed by atoms with Gasteiger partial charge in [-0.05, 0) is 48.1 Å². The number of benzene rings is 2. The van der Waals surface area contributed by atoms with E-state index in [1.165, 1.54) is 75.3 Å². The Balaban J connectivity index is 0.000000150. The van der Waals surface area contributed by atoms with Crippen molar-refractivity contribution in [1.29, 1.82) is 0 Å². The molecule has 2 aromatic rings. The zero-order chi connectivity index (χ0) is 18.5. The van der Waals surface area contributed by atoms with E-state index in [9.17, 15) is 0 Å². The quantitative estimate of drug-likeness (QED) is 0.440. The van der Waals surface area contributed by atoms with Gasteiger partial charge in [0.05, 0.1) is 0 Å². The molecule has 0 nitrogen and oxygen atoms in total. The highest BCUT2D eigenvalue weighted by molar-refractivity contribution is 7.17. The van der Waals surface area contributed by atoms with Gasteiger partial charge in [-0.1, -0.05) is 99.2 Å². The number of rotatable bonds is 1. The minimum atomic E-state index is 0.953. The second-order valence-corrected chi connectivity index (χ2v) is 9.41. The molecule has 0 N–H and O–H groups in total. The Hall–Kier alpha value is -0.700. The second-order valence-electron chi connectivity index (χ2n) is 7.53. The van der Waals surface area contributed by atoms with E-state index >= 15 is 0 Å². The number of hydrogen-bond donors (Lipinski definition) is 0. The van der Waals surface area contributed by atoms with E-state index in [-0.39, 0.29) is 0 Å². The fourth-order valence-electron chi connectivity index (χ4n) is 3.53. The summed E-state index contributed by atoms with van der Waals surface area (Å²) in [6.07, 6.45) is 14.6. The van der Waals surface area contributed by atoms with Crippen molar-refractivity contribution in [2.24, 2.45) is 0 Å². The summed E-state index contributed by atoms with van der Waals surface area (Å²) < 4.78 is 0. The molecule has 0 saturated heterocycles. The van der Waals surface area contributed by atoms with Crippen molar-refractivity contribution >= 4 is 18.5 Å². The van der Waals surface area contributed by atoms with Crippen LogP contribution in [-0.4, -0.2) is 11.3 Å². The average molecular weight is 387 g/mol. The normalized spacial score (nSPS) is 18.1. The molecule has 26 heavy (non-hydrogen) atoms. The minimum Gasteiger partial charge on any atom is -0.134 e. The Morgan fingerprint density at radius 1 is 0.462 bits per heavy atom. The van der Waals surface area contributed by atoms with Crippen LogP contribution in [-0.2, 0) is 0 Å². The van der Waals surface area contributed by atoms with Crippen LogP contribution in [0, 0.1) is 0 Å². The zero-order valence-electron chi connectivity index (χ0n) is 16.2. The van der Waals surface area contributed by atoms with Crippen molar-refractivity contribution in [3.05, 3.63) is 60.7 Å². The molecule has 2 fully saturated rings. The van der Waals surface area contributed by atoms with Crippen molar-refractivity contribution in [2.45, 2.75) is 75.5 Å². The molecule has 0 heterocycles. The first-order chi connectivity index (χ1) is 12.8. The summed E-state index contributed by atoms with van der Waals surface area (Å²) >= 11 is 0. The van der Waals surface area contributed by atoms with Crippen LogP contribution in [0.15, 0.2) is 60.7 Å². The molecular weight excluding hydrogens is 350 g/mol. The van der Waals surface area contributed by atoms with Gasteiger partial charge in [0.25, 0.3) is 0 Å². The second kappa shape index (κ2) is 13.5. The van der Waals surface area contributed by atoms with Crippen molar-refractivity contribution in [2.75, 3.05) is 0 Å². The molecule has 2 aromatic carbocycles. The van der Waals surface area contributed by atoms with Gasteiger partial charge in [-0.15, -0.1) is 18.5 Å². The van der Waals surface area contributed by atoms with Crippen LogP contribution in [0.4, 0.5) is 0 Å². The molecule has 142 valence electrons. The standard InChI is InChI=1S/C12H10.2C6H13P/c1-3-7-11(8-4-1)12-9-5-2-6-10-12;2*7-6-4-2-1-3-5-6/h1-10H;2*6H,1-5,7H2. The molecule has 0 spiro atoms. The summed E-state index contributed by atoms with van der Waals surface area (Å²) in [4.78, 5) is 0. The zero-order valence-corrected chi connectivity index (χ0v) is 18.5. The van der Waals surface area contributed by atoms with E-state index in [0.717, 1.165) is 11.3 Å². The van der Waals surface area contributed by atoms with Gasteiger partial charge in [-0.3, -0.25) is 0 Å². The van der Waals surface area contributed by atoms with E-state index in [0.29, 0.717) is 0 Å². The summed E-state index contributed by atoms with van der Waals surface area (Å²) in [5.41, 5.74) is 4.46. The highest BCUT2D eigenvalue weighted by Crippen LogP contribution is 2.23. The van der Waals surface area contributed by atoms with Crippen molar-refractivity contribution in [3.63, 3.8) is 0 Å². The fourth-order valence-corrected chi connectivity index (χ4v) is 4.47. The summed E-state index contributed by atoms with van der Waals surface area (Å²) in [5.74, 6) is 0. The Labute approximate surface area is 166 Å². The SMILES string of the molecule is PC1CCCCC1.PC1CCCCC1.c1ccc(-c2ccccc2)cc1. The lowest BCUT2D eigenvalue weighted by molar-refractivity contribution is 0.516. The predicted octanol–water partition coefficient (Wildman–Crippen LogP) is 7.74. The fraction of sp³-hybridized carbons (Fsp3) is 0.500. The molecule has 2 aliphatic rings. The van der Waals surface area contributed by atoms with Gasteiger partial charge in [0.2, 0.25) is 0 Å². The van der Waals surface area contributed by atoms with Gasteiger partial charge in [0, 0.05) is 0 Å². The molecule has 4 rings (SSSR count). The molecule has 0 amide bonds. The first-order valence-electron chi connectivity index (χ1n) is 10.4. The van der Waals surface area contributed by atoms with Gasteiger partial charge < -0.3 is 0 Å². The maximum Gasteiger partial charge on any atom is -0.0184 e. The highest BCUT2D eigenvalue weighted by atomic mass is 31.0. The Morgan fingerprint density at radius 2 is 0.769 bits per heavy atom. The van der Waals surface area contributed by atoms with E-state index in [2.05, 4.69) is 67.0 Å². The molecule has 0 radical (unpaired) electrons. The van der Waals surface area contributed by atoms with Gasteiger partial charge in [-0.2, -0.15) is 0 Å². The first kappa shape index (κ1) is 21.6. The van der Waals surface area contributed by atoms with E-state index in [1.807, 2.05) is 12.1 Å². The van der Waals surface area contributed by atoms with Crippen LogP contribution in [0.5, 0.6) is 0 Å². The molecule has 0 aromatic heterocycles. The lowest BCUT2D eigenvalue weighted by atomic mass is 10.0. The Kier molecular flexibility index (Phi) is 11.2. The van der Waals surface area contributed by atoms with E-state index in [4.69, 9.17) is 0 Å². The third-order valence-electron chi connectivity index (χ3n) is 5.18. The molecule has 0 aliphatic heterocycles. The van der Waals surface area contributed by atoms with Crippen LogP contribution in [0.2, 0.25) is 0 Å². The topological polar surface area (TPSA) is 0 Å². The van der Waals surface area contributed by atoms with Crippen molar-refractivity contribution < 1.29 is 0 Å². The Bertz CT molecular complexity index is 502. The lowest BCUT2D eigenvalue weighted by Crippen LogP contribution is -2.02. The van der Waals surface area contributed by atoms with Crippen LogP contribution < -0.4 is 0 Å². The molecule has 2 atom stereocenters. The van der Waals surface area contributed by atoms with Crippen LogP contribution >= 0.6 is 18.5 Å². The van der Waals surface area contributed by atoms with Gasteiger partial charge in [0.1, 0.15) is 0 Å². The minimum absolute atomic E-state index is 0.953. The summed E-state index contributed by atoms with van der Waals surface area (Å²) in [6, 6.07) is 20.8. The van der Waals surface area contributed by atoms with Crippen LogP contribution in [0.3, 0.4) is 0 Å². The van der Waals surface area contributed by atoms with E-state index in [1.54, 1.807) is 0 Å². The monoisotopic (exact) mass is 386 g/mol.